The smallest absolute Gasteiger partial charge is 0.275 e. The first-order valence-corrected chi connectivity index (χ1v) is 8.23. The lowest BCUT2D eigenvalue weighted by molar-refractivity contribution is 0.102. The quantitative estimate of drug-likeness (QED) is 0.702. The van der Waals surface area contributed by atoms with Crippen molar-refractivity contribution in [2.24, 2.45) is 0 Å². The van der Waals surface area contributed by atoms with Gasteiger partial charge in [-0.15, -0.1) is 0 Å². The van der Waals surface area contributed by atoms with Gasteiger partial charge in [0.15, 0.2) is 0 Å². The molecule has 0 radical (unpaired) electrons. The number of ether oxygens (including phenoxy) is 1. The predicted molar refractivity (Wildman–Crippen MR) is 99.6 cm³/mol. The maximum atomic E-state index is 12.2. The fourth-order valence-corrected chi connectivity index (χ4v) is 2.35. The van der Waals surface area contributed by atoms with Crippen LogP contribution in [0.3, 0.4) is 0 Å². The Balaban J connectivity index is 1.90. The van der Waals surface area contributed by atoms with Crippen molar-refractivity contribution in [1.82, 2.24) is 14.9 Å². The Morgan fingerprint density at radius 2 is 2.08 bits per heavy atom. The average molecular weight is 364 g/mol. The molecular weight excluding hydrogens is 342 g/mol. The topological polar surface area (TPSA) is 79.4 Å². The van der Waals surface area contributed by atoms with Crippen molar-refractivity contribution in [3.05, 3.63) is 41.3 Å². The molecule has 1 aromatic heterocycles. The molecule has 2 rings (SSSR count). The van der Waals surface area contributed by atoms with Crippen molar-refractivity contribution >= 4 is 29.0 Å². The second kappa shape index (κ2) is 9.19. The Hall–Kier alpha value is -2.38. The van der Waals surface area contributed by atoms with Crippen LogP contribution in [0.25, 0.3) is 0 Å². The van der Waals surface area contributed by atoms with Crippen LogP contribution < -0.4 is 15.4 Å². The molecule has 0 saturated heterocycles. The number of carbonyl (C=O) groups is 1. The minimum Gasteiger partial charge on any atom is -0.495 e. The molecule has 0 bridgehead atoms. The van der Waals surface area contributed by atoms with Crippen LogP contribution in [0.15, 0.2) is 30.6 Å². The molecule has 1 aromatic carbocycles. The summed E-state index contributed by atoms with van der Waals surface area (Å²) in [7, 11) is 5.59. The zero-order valence-electron chi connectivity index (χ0n) is 14.5. The Morgan fingerprint density at radius 3 is 2.68 bits per heavy atom. The van der Waals surface area contributed by atoms with Crippen LogP contribution in [0.1, 0.15) is 16.9 Å². The van der Waals surface area contributed by atoms with Gasteiger partial charge in [0.25, 0.3) is 5.91 Å². The molecule has 2 aromatic rings. The molecule has 0 unspecified atom stereocenters. The van der Waals surface area contributed by atoms with Crippen molar-refractivity contribution in [3.8, 4) is 5.75 Å². The average Bonchev–Trinajstić information content (AvgIpc) is 2.59. The van der Waals surface area contributed by atoms with Crippen LogP contribution >= 0.6 is 11.6 Å². The molecule has 0 aliphatic rings. The standard InChI is InChI=1S/C17H22ClN5O2/c1-23(2)8-4-7-19-16-11-20-14(10-21-16)17(24)22-12-5-6-15(25-3)13(18)9-12/h5-6,9-11H,4,7-8H2,1-3H3,(H,19,21)(H,22,24). The Morgan fingerprint density at radius 1 is 1.28 bits per heavy atom. The minimum atomic E-state index is -0.354. The number of nitrogens with zero attached hydrogens (tertiary/aromatic N) is 3. The summed E-state index contributed by atoms with van der Waals surface area (Å²) in [6, 6.07) is 5.01. The number of anilines is 2. The van der Waals surface area contributed by atoms with Gasteiger partial charge in [0.05, 0.1) is 24.5 Å². The molecule has 8 heteroatoms. The predicted octanol–water partition coefficient (Wildman–Crippen LogP) is 2.75. The zero-order chi connectivity index (χ0) is 18.2. The van der Waals surface area contributed by atoms with Gasteiger partial charge in [0, 0.05) is 12.2 Å². The lowest BCUT2D eigenvalue weighted by atomic mass is 10.3. The van der Waals surface area contributed by atoms with Crippen LogP contribution in [-0.4, -0.2) is 55.1 Å². The molecular formula is C17H22ClN5O2. The summed E-state index contributed by atoms with van der Waals surface area (Å²) in [5, 5.41) is 6.32. The monoisotopic (exact) mass is 363 g/mol. The fourth-order valence-electron chi connectivity index (χ4n) is 2.09. The molecule has 25 heavy (non-hydrogen) atoms. The molecule has 0 atom stereocenters. The van der Waals surface area contributed by atoms with Gasteiger partial charge < -0.3 is 20.3 Å². The first-order chi connectivity index (χ1) is 12.0. The maximum absolute atomic E-state index is 12.2. The highest BCUT2D eigenvalue weighted by Gasteiger charge is 2.10. The van der Waals surface area contributed by atoms with E-state index < -0.39 is 0 Å². The number of methoxy groups -OCH3 is 1. The number of nitrogens with one attached hydrogen (secondary N) is 2. The summed E-state index contributed by atoms with van der Waals surface area (Å²) < 4.78 is 5.08. The Kier molecular flexibility index (Phi) is 6.97. The van der Waals surface area contributed by atoms with Crippen LogP contribution in [0.5, 0.6) is 5.75 Å². The van der Waals surface area contributed by atoms with E-state index in [9.17, 15) is 4.79 Å². The highest BCUT2D eigenvalue weighted by atomic mass is 35.5. The van der Waals surface area contributed by atoms with Crippen molar-refractivity contribution < 1.29 is 9.53 Å². The molecule has 0 spiro atoms. The molecule has 0 fully saturated rings. The van der Waals surface area contributed by atoms with Gasteiger partial charge in [-0.1, -0.05) is 11.6 Å². The SMILES string of the molecule is COc1ccc(NC(=O)c2cnc(NCCCN(C)C)cn2)cc1Cl. The number of aromatic nitrogens is 2. The third-order valence-corrected chi connectivity index (χ3v) is 3.68. The second-order valence-electron chi connectivity index (χ2n) is 5.67. The highest BCUT2D eigenvalue weighted by Crippen LogP contribution is 2.27. The van der Waals surface area contributed by atoms with Gasteiger partial charge >= 0.3 is 0 Å². The van der Waals surface area contributed by atoms with E-state index in [2.05, 4.69) is 25.5 Å². The summed E-state index contributed by atoms with van der Waals surface area (Å²) in [6.07, 6.45) is 3.98. The van der Waals surface area contributed by atoms with Gasteiger partial charge in [0.1, 0.15) is 17.3 Å². The minimum absolute atomic E-state index is 0.228. The number of benzene rings is 1. The van der Waals surface area contributed by atoms with Crippen molar-refractivity contribution in [2.45, 2.75) is 6.42 Å². The Labute approximate surface area is 152 Å². The van der Waals surface area contributed by atoms with Crippen molar-refractivity contribution in [3.63, 3.8) is 0 Å². The third kappa shape index (κ3) is 5.88. The van der Waals surface area contributed by atoms with E-state index in [1.165, 1.54) is 13.3 Å². The van der Waals surface area contributed by atoms with Crippen molar-refractivity contribution in [2.75, 3.05) is 44.9 Å². The first kappa shape index (κ1) is 19.0. The van der Waals surface area contributed by atoms with E-state index >= 15 is 0 Å². The largest absolute Gasteiger partial charge is 0.495 e. The van der Waals surface area contributed by atoms with Crippen LogP contribution in [-0.2, 0) is 0 Å². The summed E-state index contributed by atoms with van der Waals surface area (Å²) in [6.45, 7) is 1.79. The third-order valence-electron chi connectivity index (χ3n) is 3.38. The number of rotatable bonds is 8. The van der Waals surface area contributed by atoms with Gasteiger partial charge in [-0.25, -0.2) is 9.97 Å². The summed E-state index contributed by atoms with van der Waals surface area (Å²) >= 11 is 6.04. The van der Waals surface area contributed by atoms with Crippen LogP contribution in [0.2, 0.25) is 5.02 Å². The molecule has 1 amide bonds. The lowest BCUT2D eigenvalue weighted by Crippen LogP contribution is -2.17. The first-order valence-electron chi connectivity index (χ1n) is 7.85. The van der Waals surface area contributed by atoms with Crippen LogP contribution in [0, 0.1) is 0 Å². The molecule has 2 N–H and O–H groups in total. The highest BCUT2D eigenvalue weighted by molar-refractivity contribution is 6.32. The van der Waals surface area contributed by atoms with E-state index in [-0.39, 0.29) is 11.6 Å². The molecule has 7 nitrogen and oxygen atoms in total. The second-order valence-corrected chi connectivity index (χ2v) is 6.08. The van der Waals surface area contributed by atoms with E-state index in [1.54, 1.807) is 24.4 Å². The Bertz CT molecular complexity index is 707. The van der Waals surface area contributed by atoms with Gasteiger partial charge in [0.2, 0.25) is 0 Å². The lowest BCUT2D eigenvalue weighted by Gasteiger charge is -2.10. The molecule has 0 aliphatic carbocycles. The number of hydrogen-bond acceptors (Lipinski definition) is 6. The normalized spacial score (nSPS) is 10.6. The van der Waals surface area contributed by atoms with Gasteiger partial charge in [-0.05, 0) is 45.3 Å². The zero-order valence-corrected chi connectivity index (χ0v) is 15.3. The number of halogens is 1. The van der Waals surface area contributed by atoms with E-state index in [1.807, 2.05) is 14.1 Å². The van der Waals surface area contributed by atoms with Gasteiger partial charge in [-0.2, -0.15) is 0 Å². The van der Waals surface area contributed by atoms with Gasteiger partial charge in [-0.3, -0.25) is 4.79 Å². The summed E-state index contributed by atoms with van der Waals surface area (Å²) in [4.78, 5) is 22.7. The molecule has 134 valence electrons. The number of carbonyl (C=O) groups excluding carboxylic acids is 1. The van der Waals surface area contributed by atoms with E-state index in [4.69, 9.17) is 16.3 Å². The van der Waals surface area contributed by atoms with Crippen LogP contribution in [0.4, 0.5) is 11.5 Å². The molecule has 1 heterocycles. The van der Waals surface area contributed by atoms with Crippen molar-refractivity contribution in [1.29, 1.82) is 0 Å². The number of hydrogen-bond donors (Lipinski definition) is 2. The van der Waals surface area contributed by atoms with E-state index in [0.717, 1.165) is 19.5 Å². The summed E-state index contributed by atoms with van der Waals surface area (Å²) in [5.74, 6) is 0.833. The number of amides is 1. The maximum Gasteiger partial charge on any atom is 0.275 e. The molecule has 0 aliphatic heterocycles. The fraction of sp³-hybridized carbons (Fsp3) is 0.353. The summed E-state index contributed by atoms with van der Waals surface area (Å²) in [5.41, 5.74) is 0.786. The van der Waals surface area contributed by atoms with E-state index in [0.29, 0.717) is 22.3 Å². The molecule has 0 saturated carbocycles.